The first kappa shape index (κ1) is 14.1. The van der Waals surface area contributed by atoms with Crippen LogP contribution in [0.2, 0.25) is 0 Å². The minimum atomic E-state index is 0.580. The van der Waals surface area contributed by atoms with E-state index >= 15 is 0 Å². The fourth-order valence-corrected chi connectivity index (χ4v) is 3.23. The lowest BCUT2D eigenvalue weighted by atomic mass is 10.2. The van der Waals surface area contributed by atoms with Crippen molar-refractivity contribution in [2.45, 2.75) is 25.4 Å². The molecular formula is C17H19N3S. The smallest absolute Gasteiger partial charge is 0.105 e. The Bertz CT molecular complexity index is 735. The summed E-state index contributed by atoms with van der Waals surface area (Å²) in [5.41, 5.74) is 1.07. The van der Waals surface area contributed by atoms with Crippen LogP contribution in [0.4, 0.5) is 0 Å². The van der Waals surface area contributed by atoms with Gasteiger partial charge in [0.15, 0.2) is 0 Å². The number of hydrogen-bond donors (Lipinski definition) is 0. The highest BCUT2D eigenvalue weighted by atomic mass is 32.2. The van der Waals surface area contributed by atoms with E-state index in [1.807, 2.05) is 43.2 Å². The number of hydrogen-bond acceptors (Lipinski definition) is 3. The molecule has 3 rings (SSSR count). The molecule has 0 saturated carbocycles. The molecule has 1 aromatic carbocycles. The molecule has 3 nitrogen and oxygen atoms in total. The van der Waals surface area contributed by atoms with Crippen LogP contribution < -0.4 is 0 Å². The fraction of sp³-hybridized carbons (Fsp3) is 0.294. The number of para-hydroxylation sites is 1. The molecular weight excluding hydrogens is 278 g/mol. The van der Waals surface area contributed by atoms with Crippen LogP contribution in [-0.4, -0.2) is 20.3 Å². The molecule has 1 unspecified atom stereocenters. The lowest BCUT2D eigenvalue weighted by Gasteiger charge is -2.13. The summed E-state index contributed by atoms with van der Waals surface area (Å²) < 4.78 is 2.21. The van der Waals surface area contributed by atoms with Crippen LogP contribution in [0.3, 0.4) is 0 Å². The van der Waals surface area contributed by atoms with E-state index in [4.69, 9.17) is 4.98 Å². The third-order valence-electron chi connectivity index (χ3n) is 3.52. The van der Waals surface area contributed by atoms with Crippen LogP contribution in [0.5, 0.6) is 0 Å². The van der Waals surface area contributed by atoms with Crippen molar-refractivity contribution in [2.75, 3.05) is 5.75 Å². The van der Waals surface area contributed by atoms with Crippen molar-refractivity contribution >= 4 is 22.7 Å². The molecule has 0 aliphatic rings. The van der Waals surface area contributed by atoms with Gasteiger partial charge in [0.1, 0.15) is 5.82 Å². The van der Waals surface area contributed by atoms with Crippen LogP contribution in [0.15, 0.2) is 53.8 Å². The van der Waals surface area contributed by atoms with E-state index in [0.29, 0.717) is 5.92 Å². The van der Waals surface area contributed by atoms with Gasteiger partial charge in [-0.05, 0) is 25.0 Å². The SMILES string of the molecule is Cc1nccn1CC(C)CSc1ccc2ccccc2n1. The maximum absolute atomic E-state index is 4.71. The average Bonchev–Trinajstić information content (AvgIpc) is 2.90. The Kier molecular flexibility index (Phi) is 4.25. The summed E-state index contributed by atoms with van der Waals surface area (Å²) >= 11 is 1.83. The number of aryl methyl sites for hydroxylation is 1. The highest BCUT2D eigenvalue weighted by molar-refractivity contribution is 7.99. The molecule has 0 bridgehead atoms. The predicted octanol–water partition coefficient (Wildman–Crippen LogP) is 4.17. The van der Waals surface area contributed by atoms with Crippen LogP contribution in [-0.2, 0) is 6.54 Å². The summed E-state index contributed by atoms with van der Waals surface area (Å²) in [6.45, 7) is 5.32. The van der Waals surface area contributed by atoms with Crippen LogP contribution in [0, 0.1) is 12.8 Å². The van der Waals surface area contributed by atoms with E-state index in [0.717, 1.165) is 28.7 Å². The number of imidazole rings is 1. The first-order valence-corrected chi connectivity index (χ1v) is 8.17. The van der Waals surface area contributed by atoms with Gasteiger partial charge in [-0.25, -0.2) is 9.97 Å². The number of pyridine rings is 1. The zero-order valence-corrected chi connectivity index (χ0v) is 13.2. The Morgan fingerprint density at radius 1 is 1.19 bits per heavy atom. The normalized spacial score (nSPS) is 12.7. The van der Waals surface area contributed by atoms with E-state index in [1.165, 1.54) is 5.39 Å². The van der Waals surface area contributed by atoms with Gasteiger partial charge in [0.2, 0.25) is 0 Å². The van der Waals surface area contributed by atoms with Gasteiger partial charge in [0.25, 0.3) is 0 Å². The molecule has 21 heavy (non-hydrogen) atoms. The zero-order chi connectivity index (χ0) is 14.7. The van der Waals surface area contributed by atoms with Crippen molar-refractivity contribution in [3.63, 3.8) is 0 Å². The molecule has 2 aromatic heterocycles. The Balaban J connectivity index is 1.62. The van der Waals surface area contributed by atoms with Gasteiger partial charge in [-0.3, -0.25) is 0 Å². The van der Waals surface area contributed by atoms with Crippen LogP contribution in [0.1, 0.15) is 12.7 Å². The predicted molar refractivity (Wildman–Crippen MR) is 88.6 cm³/mol. The molecule has 4 heteroatoms. The molecule has 0 saturated heterocycles. The molecule has 0 aliphatic carbocycles. The zero-order valence-electron chi connectivity index (χ0n) is 12.4. The second-order valence-electron chi connectivity index (χ2n) is 5.39. The summed E-state index contributed by atoms with van der Waals surface area (Å²) in [6, 6.07) is 12.5. The molecule has 0 N–H and O–H groups in total. The average molecular weight is 297 g/mol. The van der Waals surface area contributed by atoms with E-state index in [-0.39, 0.29) is 0 Å². The molecule has 0 aliphatic heterocycles. The Morgan fingerprint density at radius 2 is 2.05 bits per heavy atom. The quantitative estimate of drug-likeness (QED) is 0.662. The van der Waals surface area contributed by atoms with Crippen LogP contribution >= 0.6 is 11.8 Å². The summed E-state index contributed by atoms with van der Waals surface area (Å²) in [5, 5.41) is 2.30. The maximum atomic E-state index is 4.71. The lowest BCUT2D eigenvalue weighted by molar-refractivity contribution is 0.521. The molecule has 1 atom stereocenters. The van der Waals surface area contributed by atoms with Gasteiger partial charge < -0.3 is 4.57 Å². The number of benzene rings is 1. The van der Waals surface area contributed by atoms with Gasteiger partial charge in [0.05, 0.1) is 10.5 Å². The van der Waals surface area contributed by atoms with Crippen molar-refractivity contribution in [2.24, 2.45) is 5.92 Å². The summed E-state index contributed by atoms with van der Waals surface area (Å²) in [4.78, 5) is 8.97. The maximum Gasteiger partial charge on any atom is 0.105 e. The van der Waals surface area contributed by atoms with Crippen LogP contribution in [0.25, 0.3) is 10.9 Å². The molecule has 0 amide bonds. The van der Waals surface area contributed by atoms with Crippen molar-refractivity contribution in [3.8, 4) is 0 Å². The lowest BCUT2D eigenvalue weighted by Crippen LogP contribution is -2.10. The number of fused-ring (bicyclic) bond motifs is 1. The molecule has 2 heterocycles. The van der Waals surface area contributed by atoms with E-state index in [1.54, 1.807) is 0 Å². The Morgan fingerprint density at radius 3 is 2.86 bits per heavy atom. The number of rotatable bonds is 5. The molecule has 0 radical (unpaired) electrons. The van der Waals surface area contributed by atoms with E-state index in [9.17, 15) is 0 Å². The highest BCUT2D eigenvalue weighted by Crippen LogP contribution is 2.22. The van der Waals surface area contributed by atoms with Gasteiger partial charge in [-0.2, -0.15) is 0 Å². The summed E-state index contributed by atoms with van der Waals surface area (Å²) in [7, 11) is 0. The van der Waals surface area contributed by atoms with Crippen molar-refractivity contribution in [1.82, 2.24) is 14.5 Å². The first-order valence-electron chi connectivity index (χ1n) is 7.19. The standard InChI is InChI=1S/C17H19N3S/c1-13(11-20-10-9-18-14(20)2)12-21-17-8-7-15-5-3-4-6-16(15)19-17/h3-10,13H,11-12H2,1-2H3. The molecule has 108 valence electrons. The first-order chi connectivity index (χ1) is 10.2. The third-order valence-corrected chi connectivity index (χ3v) is 4.78. The summed E-state index contributed by atoms with van der Waals surface area (Å²) in [5.74, 6) is 2.72. The molecule has 0 spiro atoms. The van der Waals surface area contributed by atoms with Crippen molar-refractivity contribution in [1.29, 1.82) is 0 Å². The minimum absolute atomic E-state index is 0.580. The molecule has 3 aromatic rings. The monoisotopic (exact) mass is 297 g/mol. The van der Waals surface area contributed by atoms with E-state index < -0.39 is 0 Å². The fourth-order valence-electron chi connectivity index (χ4n) is 2.34. The largest absolute Gasteiger partial charge is 0.335 e. The third kappa shape index (κ3) is 3.45. The number of aromatic nitrogens is 3. The second-order valence-corrected chi connectivity index (χ2v) is 6.43. The molecule has 0 fully saturated rings. The Hall–Kier alpha value is -1.81. The van der Waals surface area contributed by atoms with Gasteiger partial charge in [-0.15, -0.1) is 11.8 Å². The highest BCUT2D eigenvalue weighted by Gasteiger charge is 2.07. The summed E-state index contributed by atoms with van der Waals surface area (Å²) in [6.07, 6.45) is 3.91. The second kappa shape index (κ2) is 6.31. The van der Waals surface area contributed by atoms with Crippen molar-refractivity contribution in [3.05, 3.63) is 54.6 Å². The Labute approximate surface area is 129 Å². The number of thioether (sulfide) groups is 1. The van der Waals surface area contributed by atoms with Gasteiger partial charge in [0, 0.05) is 30.1 Å². The van der Waals surface area contributed by atoms with E-state index in [2.05, 4.69) is 40.7 Å². The minimum Gasteiger partial charge on any atom is -0.335 e. The van der Waals surface area contributed by atoms with Gasteiger partial charge in [-0.1, -0.05) is 31.2 Å². The topological polar surface area (TPSA) is 30.7 Å². The number of nitrogens with zero attached hydrogens (tertiary/aromatic N) is 3. The van der Waals surface area contributed by atoms with Gasteiger partial charge >= 0.3 is 0 Å². The van der Waals surface area contributed by atoms with Crippen molar-refractivity contribution < 1.29 is 0 Å².